The van der Waals surface area contributed by atoms with E-state index in [1.807, 2.05) is 43.3 Å². The van der Waals surface area contributed by atoms with E-state index in [1.54, 1.807) is 13.0 Å². The van der Waals surface area contributed by atoms with Gasteiger partial charge >= 0.3 is 0 Å². The molecule has 0 spiro atoms. The highest BCUT2D eigenvalue weighted by Crippen LogP contribution is 2.65. The van der Waals surface area contributed by atoms with Gasteiger partial charge in [0, 0.05) is 16.7 Å². The Labute approximate surface area is 142 Å². The first-order valence-electron chi connectivity index (χ1n) is 8.38. The Bertz CT molecular complexity index is 809. The second-order valence-electron chi connectivity index (χ2n) is 7.29. The summed E-state index contributed by atoms with van der Waals surface area (Å²) >= 11 is 0. The van der Waals surface area contributed by atoms with Crippen LogP contribution in [-0.4, -0.2) is 11.6 Å². The van der Waals surface area contributed by atoms with Gasteiger partial charge in [0.1, 0.15) is 0 Å². The monoisotopic (exact) mass is 316 g/mol. The van der Waals surface area contributed by atoms with Crippen LogP contribution in [0.3, 0.4) is 0 Å². The number of fused-ring (bicyclic) bond motifs is 1. The summed E-state index contributed by atoms with van der Waals surface area (Å²) in [6.07, 6.45) is 2.23. The second kappa shape index (κ2) is 5.01. The van der Waals surface area contributed by atoms with E-state index < -0.39 is 10.8 Å². The number of Topliss-reactive ketones (excluding diaryl/α,β-unsaturated/α-hetero) is 1. The lowest BCUT2D eigenvalue weighted by atomic mass is 9.38. The van der Waals surface area contributed by atoms with Gasteiger partial charge in [0.2, 0.25) is 0 Å². The molecule has 0 saturated heterocycles. The third-order valence-electron chi connectivity index (χ3n) is 5.87. The van der Waals surface area contributed by atoms with Crippen LogP contribution >= 0.6 is 0 Å². The van der Waals surface area contributed by atoms with Crippen molar-refractivity contribution in [2.75, 3.05) is 0 Å². The number of carbonyl (C=O) groups is 2. The molecule has 0 aliphatic heterocycles. The van der Waals surface area contributed by atoms with Gasteiger partial charge in [-0.25, -0.2) is 0 Å². The topological polar surface area (TPSA) is 34.1 Å². The van der Waals surface area contributed by atoms with E-state index in [0.717, 1.165) is 11.1 Å². The van der Waals surface area contributed by atoms with Crippen LogP contribution in [0.4, 0.5) is 0 Å². The Kier molecular flexibility index (Phi) is 3.14. The highest BCUT2D eigenvalue weighted by molar-refractivity contribution is 6.14. The quantitative estimate of drug-likeness (QED) is 0.836. The number of hydrogen-bond acceptors (Lipinski definition) is 2. The molecule has 2 aromatic carbocycles. The van der Waals surface area contributed by atoms with Crippen molar-refractivity contribution in [3.8, 4) is 0 Å². The highest BCUT2D eigenvalue weighted by atomic mass is 16.1. The highest BCUT2D eigenvalue weighted by Gasteiger charge is 2.68. The maximum atomic E-state index is 13.0. The summed E-state index contributed by atoms with van der Waals surface area (Å²) in [6, 6.07) is 20.3. The fraction of sp³-hybridized carbons (Fsp3) is 0.273. The van der Waals surface area contributed by atoms with Gasteiger partial charge in [-0.15, -0.1) is 0 Å². The summed E-state index contributed by atoms with van der Waals surface area (Å²) in [5.74, 6) is -0.130. The van der Waals surface area contributed by atoms with Crippen LogP contribution in [0, 0.1) is 11.3 Å². The molecule has 4 rings (SSSR count). The Morgan fingerprint density at radius 1 is 0.875 bits per heavy atom. The maximum absolute atomic E-state index is 13.0. The third-order valence-corrected chi connectivity index (χ3v) is 5.87. The molecule has 2 aromatic rings. The molecule has 24 heavy (non-hydrogen) atoms. The van der Waals surface area contributed by atoms with Crippen LogP contribution in [0.15, 0.2) is 72.3 Å². The summed E-state index contributed by atoms with van der Waals surface area (Å²) in [4.78, 5) is 25.7. The lowest BCUT2D eigenvalue weighted by Gasteiger charge is -2.61. The minimum absolute atomic E-state index is 0.0774. The van der Waals surface area contributed by atoms with Gasteiger partial charge in [-0.2, -0.15) is 0 Å². The molecule has 0 aromatic heterocycles. The standard InChI is InChI=1S/C22H20O2/c1-15-13-18(23)19-21(2,20(15)24)14-22(19,16-9-5-3-6-10-16)17-11-7-4-8-12-17/h3-13,19H,14H2,1-2H3/t19-,21-/m0/s1. The van der Waals surface area contributed by atoms with Crippen molar-refractivity contribution in [2.45, 2.75) is 25.7 Å². The first-order valence-corrected chi connectivity index (χ1v) is 8.38. The van der Waals surface area contributed by atoms with Crippen molar-refractivity contribution < 1.29 is 9.59 Å². The van der Waals surface area contributed by atoms with Gasteiger partial charge in [0.15, 0.2) is 11.6 Å². The number of allylic oxidation sites excluding steroid dienone is 2. The molecular weight excluding hydrogens is 296 g/mol. The summed E-state index contributed by atoms with van der Waals surface area (Å²) < 4.78 is 0. The van der Waals surface area contributed by atoms with Crippen LogP contribution in [0.1, 0.15) is 31.4 Å². The summed E-state index contributed by atoms with van der Waals surface area (Å²) in [5, 5.41) is 0. The zero-order valence-electron chi connectivity index (χ0n) is 14.0. The van der Waals surface area contributed by atoms with E-state index in [9.17, 15) is 9.59 Å². The molecule has 0 radical (unpaired) electrons. The predicted octanol–water partition coefficient (Wildman–Crippen LogP) is 4.10. The molecule has 2 heteroatoms. The lowest BCUT2D eigenvalue weighted by molar-refractivity contribution is -0.153. The van der Waals surface area contributed by atoms with E-state index >= 15 is 0 Å². The van der Waals surface area contributed by atoms with Gasteiger partial charge in [-0.05, 0) is 36.1 Å². The normalized spacial score (nSPS) is 27.9. The molecule has 2 aliphatic rings. The molecule has 1 fully saturated rings. The van der Waals surface area contributed by atoms with Crippen molar-refractivity contribution in [2.24, 2.45) is 11.3 Å². The van der Waals surface area contributed by atoms with Crippen LogP contribution in [0.25, 0.3) is 0 Å². The molecule has 2 nitrogen and oxygen atoms in total. The first kappa shape index (κ1) is 15.1. The summed E-state index contributed by atoms with van der Waals surface area (Å²) in [5.41, 5.74) is 1.82. The Morgan fingerprint density at radius 2 is 1.38 bits per heavy atom. The zero-order valence-corrected chi connectivity index (χ0v) is 14.0. The first-order chi connectivity index (χ1) is 11.5. The SMILES string of the molecule is CC1=CC(=O)[C@@H]2C(c3ccccc3)(c3ccccc3)C[C@]2(C)C1=O. The van der Waals surface area contributed by atoms with Crippen molar-refractivity contribution >= 4 is 11.6 Å². The molecule has 2 aliphatic carbocycles. The molecule has 0 N–H and O–H groups in total. The molecule has 0 bridgehead atoms. The Balaban J connectivity index is 1.96. The Morgan fingerprint density at radius 3 is 1.88 bits per heavy atom. The third kappa shape index (κ3) is 1.77. The van der Waals surface area contributed by atoms with E-state index in [0.29, 0.717) is 12.0 Å². The summed E-state index contributed by atoms with van der Waals surface area (Å²) in [7, 11) is 0. The van der Waals surface area contributed by atoms with Crippen molar-refractivity contribution in [1.82, 2.24) is 0 Å². The zero-order chi connectivity index (χ0) is 16.9. The van der Waals surface area contributed by atoms with Crippen molar-refractivity contribution in [3.63, 3.8) is 0 Å². The van der Waals surface area contributed by atoms with Crippen LogP contribution < -0.4 is 0 Å². The van der Waals surface area contributed by atoms with Crippen molar-refractivity contribution in [1.29, 1.82) is 0 Å². The number of carbonyl (C=O) groups excluding carboxylic acids is 2. The number of rotatable bonds is 2. The smallest absolute Gasteiger partial charge is 0.165 e. The average molecular weight is 316 g/mol. The lowest BCUT2D eigenvalue weighted by Crippen LogP contribution is -2.66. The molecule has 120 valence electrons. The van der Waals surface area contributed by atoms with Crippen LogP contribution in [-0.2, 0) is 15.0 Å². The largest absolute Gasteiger partial charge is 0.294 e. The average Bonchev–Trinajstić information content (AvgIpc) is 2.58. The fourth-order valence-electron chi connectivity index (χ4n) is 4.95. The van der Waals surface area contributed by atoms with E-state index in [2.05, 4.69) is 24.3 Å². The van der Waals surface area contributed by atoms with Gasteiger partial charge < -0.3 is 0 Å². The van der Waals surface area contributed by atoms with Gasteiger partial charge in [-0.3, -0.25) is 9.59 Å². The number of benzene rings is 2. The summed E-state index contributed by atoms with van der Waals surface area (Å²) in [6.45, 7) is 3.71. The molecule has 1 saturated carbocycles. The van der Waals surface area contributed by atoms with Crippen LogP contribution in [0.2, 0.25) is 0 Å². The Hall–Kier alpha value is -2.48. The fourth-order valence-corrected chi connectivity index (χ4v) is 4.95. The van der Waals surface area contributed by atoms with Crippen molar-refractivity contribution in [3.05, 3.63) is 83.4 Å². The number of ketones is 2. The maximum Gasteiger partial charge on any atom is 0.165 e. The van der Waals surface area contributed by atoms with E-state index in [-0.39, 0.29) is 17.5 Å². The molecule has 0 heterocycles. The van der Waals surface area contributed by atoms with E-state index in [4.69, 9.17) is 0 Å². The molecular formula is C22H20O2. The minimum atomic E-state index is -0.596. The molecule has 0 unspecified atom stereocenters. The van der Waals surface area contributed by atoms with Crippen LogP contribution in [0.5, 0.6) is 0 Å². The second-order valence-corrected chi connectivity index (χ2v) is 7.29. The molecule has 2 atom stereocenters. The van der Waals surface area contributed by atoms with Gasteiger partial charge in [-0.1, -0.05) is 67.6 Å². The van der Waals surface area contributed by atoms with Gasteiger partial charge in [0.05, 0.1) is 0 Å². The number of hydrogen-bond donors (Lipinski definition) is 0. The predicted molar refractivity (Wildman–Crippen MR) is 93.6 cm³/mol. The van der Waals surface area contributed by atoms with Gasteiger partial charge in [0.25, 0.3) is 0 Å². The molecule has 0 amide bonds. The minimum Gasteiger partial charge on any atom is -0.294 e. The van der Waals surface area contributed by atoms with E-state index in [1.165, 1.54) is 0 Å².